The smallest absolute Gasteiger partial charge is 0.226 e. The van der Waals surface area contributed by atoms with Crippen molar-refractivity contribution in [2.75, 3.05) is 18.4 Å². The molecule has 1 aromatic rings. The zero-order valence-corrected chi connectivity index (χ0v) is 13.2. The number of carbonyl (C=O) groups is 3. The number of carbonyl (C=O) groups excluding carboxylic acids is 3. The van der Waals surface area contributed by atoms with E-state index < -0.39 is 0 Å². The van der Waals surface area contributed by atoms with Crippen LogP contribution in [0, 0.1) is 0 Å². The maximum atomic E-state index is 11.6. The number of nitrogens with one attached hydrogen (secondary N) is 3. The van der Waals surface area contributed by atoms with E-state index in [1.165, 1.54) is 6.92 Å². The van der Waals surface area contributed by atoms with Crippen LogP contribution in [0.5, 0.6) is 0 Å². The molecule has 0 aliphatic rings. The van der Waals surface area contributed by atoms with E-state index in [1.54, 1.807) is 18.3 Å². The summed E-state index contributed by atoms with van der Waals surface area (Å²) in [6.45, 7) is 2.12. The summed E-state index contributed by atoms with van der Waals surface area (Å²) in [5.74, 6) is -0.221. The Hall–Kier alpha value is -1.96. The molecule has 0 aliphatic heterocycles. The molecule has 8 heteroatoms. The monoisotopic (exact) mass is 356 g/mol. The van der Waals surface area contributed by atoms with E-state index in [9.17, 15) is 14.4 Å². The maximum Gasteiger partial charge on any atom is 0.226 e. The number of amides is 3. The second-order valence-corrected chi connectivity index (χ2v) is 5.16. The third-order valence-electron chi connectivity index (χ3n) is 2.40. The largest absolute Gasteiger partial charge is 0.355 e. The molecule has 3 N–H and O–H groups in total. The van der Waals surface area contributed by atoms with Gasteiger partial charge in [-0.05, 0) is 28.1 Å². The number of pyridine rings is 1. The number of hydrogen-bond donors (Lipinski definition) is 3. The lowest BCUT2D eigenvalue weighted by atomic mass is 10.3. The molecule has 1 heterocycles. The van der Waals surface area contributed by atoms with Gasteiger partial charge in [-0.15, -0.1) is 0 Å². The fraction of sp³-hybridized carbons (Fsp3) is 0.385. The highest BCUT2D eigenvalue weighted by Gasteiger charge is 2.07. The Morgan fingerprint density at radius 3 is 2.38 bits per heavy atom. The molecule has 0 saturated heterocycles. The molecular formula is C13H17BrN4O3. The van der Waals surface area contributed by atoms with Crippen LogP contribution in [0.4, 0.5) is 5.82 Å². The summed E-state index contributed by atoms with van der Waals surface area (Å²) >= 11 is 3.25. The van der Waals surface area contributed by atoms with Crippen molar-refractivity contribution in [3.05, 3.63) is 22.8 Å². The van der Waals surface area contributed by atoms with Gasteiger partial charge < -0.3 is 16.0 Å². The van der Waals surface area contributed by atoms with Crippen molar-refractivity contribution in [2.24, 2.45) is 0 Å². The quantitative estimate of drug-likeness (QED) is 0.629. The molecule has 0 bridgehead atoms. The van der Waals surface area contributed by atoms with Crippen molar-refractivity contribution in [2.45, 2.75) is 19.8 Å². The molecule has 0 unspecified atom stereocenters. The maximum absolute atomic E-state index is 11.6. The van der Waals surface area contributed by atoms with Crippen LogP contribution in [0.1, 0.15) is 19.8 Å². The van der Waals surface area contributed by atoms with Crippen LogP contribution in [-0.4, -0.2) is 35.8 Å². The highest BCUT2D eigenvalue weighted by molar-refractivity contribution is 9.10. The SMILES string of the molecule is CC(=O)NCCNC(=O)CCC(=O)Nc1ccc(Br)cn1. The lowest BCUT2D eigenvalue weighted by Crippen LogP contribution is -2.33. The summed E-state index contributed by atoms with van der Waals surface area (Å²) in [6.07, 6.45) is 1.73. The number of nitrogens with zero attached hydrogens (tertiary/aromatic N) is 1. The highest BCUT2D eigenvalue weighted by Crippen LogP contribution is 2.10. The molecule has 21 heavy (non-hydrogen) atoms. The molecule has 0 atom stereocenters. The molecule has 3 amide bonds. The lowest BCUT2D eigenvalue weighted by molar-refractivity contribution is -0.124. The fourth-order valence-corrected chi connectivity index (χ4v) is 1.65. The van der Waals surface area contributed by atoms with E-state index in [1.807, 2.05) is 0 Å². The Balaban J connectivity index is 2.18. The molecule has 0 fully saturated rings. The van der Waals surface area contributed by atoms with Gasteiger partial charge in [-0.25, -0.2) is 4.98 Å². The van der Waals surface area contributed by atoms with Crippen molar-refractivity contribution in [1.82, 2.24) is 15.6 Å². The average Bonchev–Trinajstić information content (AvgIpc) is 2.44. The summed E-state index contributed by atoms with van der Waals surface area (Å²) in [7, 11) is 0. The van der Waals surface area contributed by atoms with E-state index >= 15 is 0 Å². The van der Waals surface area contributed by atoms with Gasteiger partial charge in [-0.1, -0.05) is 0 Å². The minimum Gasteiger partial charge on any atom is -0.355 e. The Labute approximate surface area is 131 Å². The number of halogens is 1. The molecule has 0 aromatic carbocycles. The first kappa shape index (κ1) is 17.1. The summed E-state index contributed by atoms with van der Waals surface area (Å²) < 4.78 is 0.819. The molecule has 1 rings (SSSR count). The Morgan fingerprint density at radius 1 is 1.10 bits per heavy atom. The fourth-order valence-electron chi connectivity index (χ4n) is 1.41. The first-order chi connectivity index (χ1) is 9.97. The van der Waals surface area contributed by atoms with Crippen LogP contribution in [0.15, 0.2) is 22.8 Å². The average molecular weight is 357 g/mol. The Bertz CT molecular complexity index is 505. The van der Waals surface area contributed by atoms with Gasteiger partial charge in [0.2, 0.25) is 17.7 Å². The van der Waals surface area contributed by atoms with Gasteiger partial charge >= 0.3 is 0 Å². The first-order valence-electron chi connectivity index (χ1n) is 6.40. The van der Waals surface area contributed by atoms with E-state index in [-0.39, 0.29) is 30.6 Å². The van der Waals surface area contributed by atoms with Gasteiger partial charge in [0.1, 0.15) is 5.82 Å². The molecule has 114 valence electrons. The second-order valence-electron chi connectivity index (χ2n) is 4.24. The van der Waals surface area contributed by atoms with Crippen LogP contribution in [-0.2, 0) is 14.4 Å². The van der Waals surface area contributed by atoms with Crippen molar-refractivity contribution in [1.29, 1.82) is 0 Å². The van der Waals surface area contributed by atoms with Gasteiger partial charge in [0.25, 0.3) is 0 Å². The van der Waals surface area contributed by atoms with Crippen LogP contribution >= 0.6 is 15.9 Å². The van der Waals surface area contributed by atoms with Gasteiger partial charge in [0.05, 0.1) is 0 Å². The first-order valence-corrected chi connectivity index (χ1v) is 7.19. The number of anilines is 1. The van der Waals surface area contributed by atoms with Crippen molar-refractivity contribution in [3.63, 3.8) is 0 Å². The van der Waals surface area contributed by atoms with E-state index in [0.29, 0.717) is 18.9 Å². The van der Waals surface area contributed by atoms with Gasteiger partial charge in [0, 0.05) is 43.5 Å². The van der Waals surface area contributed by atoms with E-state index in [4.69, 9.17) is 0 Å². The topological polar surface area (TPSA) is 100 Å². The van der Waals surface area contributed by atoms with Crippen molar-refractivity contribution < 1.29 is 14.4 Å². The van der Waals surface area contributed by atoms with Gasteiger partial charge in [0.15, 0.2) is 0 Å². The Morgan fingerprint density at radius 2 is 1.76 bits per heavy atom. The summed E-state index contributed by atoms with van der Waals surface area (Å²) in [6, 6.07) is 3.42. The van der Waals surface area contributed by atoms with Crippen LogP contribution in [0.2, 0.25) is 0 Å². The third-order valence-corrected chi connectivity index (χ3v) is 2.86. The minimum atomic E-state index is -0.276. The van der Waals surface area contributed by atoms with E-state index in [0.717, 1.165) is 4.47 Å². The summed E-state index contributed by atoms with van der Waals surface area (Å²) in [5.41, 5.74) is 0. The lowest BCUT2D eigenvalue weighted by Gasteiger charge is -2.06. The van der Waals surface area contributed by atoms with Gasteiger partial charge in [-0.2, -0.15) is 0 Å². The van der Waals surface area contributed by atoms with Crippen LogP contribution in [0.3, 0.4) is 0 Å². The molecule has 0 aliphatic carbocycles. The van der Waals surface area contributed by atoms with Crippen LogP contribution < -0.4 is 16.0 Å². The molecule has 0 radical (unpaired) electrons. The number of rotatable bonds is 7. The highest BCUT2D eigenvalue weighted by atomic mass is 79.9. The number of aromatic nitrogens is 1. The molecule has 0 saturated carbocycles. The molecule has 7 nitrogen and oxygen atoms in total. The van der Waals surface area contributed by atoms with Gasteiger partial charge in [-0.3, -0.25) is 14.4 Å². The zero-order chi connectivity index (χ0) is 15.7. The summed E-state index contributed by atoms with van der Waals surface area (Å²) in [4.78, 5) is 37.7. The molecule has 0 spiro atoms. The normalized spacial score (nSPS) is 9.81. The van der Waals surface area contributed by atoms with Crippen molar-refractivity contribution in [3.8, 4) is 0 Å². The predicted octanol–water partition coefficient (Wildman–Crippen LogP) is 0.815. The standard InChI is InChI=1S/C13H17BrN4O3/c1-9(19)15-6-7-16-12(20)4-5-13(21)18-11-3-2-10(14)8-17-11/h2-3,8H,4-7H2,1H3,(H,15,19)(H,16,20)(H,17,18,21). The minimum absolute atomic E-state index is 0.0731. The third kappa shape index (κ3) is 8.03. The Kier molecular flexibility index (Phi) is 7.38. The zero-order valence-electron chi connectivity index (χ0n) is 11.6. The summed E-state index contributed by atoms with van der Waals surface area (Å²) in [5, 5.41) is 7.77. The molecule has 1 aromatic heterocycles. The van der Waals surface area contributed by atoms with E-state index in [2.05, 4.69) is 36.9 Å². The predicted molar refractivity (Wildman–Crippen MR) is 81.5 cm³/mol. The van der Waals surface area contributed by atoms with Crippen molar-refractivity contribution >= 4 is 39.5 Å². The second kappa shape index (κ2) is 9.06. The number of hydrogen-bond acceptors (Lipinski definition) is 4. The molecular weight excluding hydrogens is 340 g/mol. The van der Waals surface area contributed by atoms with Crippen LogP contribution in [0.25, 0.3) is 0 Å².